The van der Waals surface area contributed by atoms with Crippen LogP contribution >= 0.6 is 0 Å². The van der Waals surface area contributed by atoms with Crippen LogP contribution in [-0.2, 0) is 16.0 Å². The summed E-state index contributed by atoms with van der Waals surface area (Å²) in [4.78, 5) is 27.1. The van der Waals surface area contributed by atoms with Gasteiger partial charge in [-0.15, -0.1) is 0 Å². The van der Waals surface area contributed by atoms with E-state index in [1.54, 1.807) is 0 Å². The van der Waals surface area contributed by atoms with E-state index >= 15 is 0 Å². The average molecular weight is 388 g/mol. The molecular weight excluding hydrogens is 354 g/mol. The normalized spacial score (nSPS) is 21.0. The SMILES string of the molecule is CC(C)Oc1ccc(CCNC(=O)CC2C(=O)NCCN2C2CCCC2)cc1. The Labute approximate surface area is 168 Å². The minimum atomic E-state index is -0.329. The Hall–Kier alpha value is -2.08. The molecule has 0 radical (unpaired) electrons. The first-order chi connectivity index (χ1) is 13.5. The molecule has 28 heavy (non-hydrogen) atoms. The Kier molecular flexibility index (Phi) is 7.31. The Morgan fingerprint density at radius 3 is 2.64 bits per heavy atom. The van der Waals surface area contributed by atoms with Crippen molar-refractivity contribution >= 4 is 11.8 Å². The molecule has 2 amide bonds. The van der Waals surface area contributed by atoms with E-state index in [2.05, 4.69) is 15.5 Å². The van der Waals surface area contributed by atoms with Gasteiger partial charge in [0.1, 0.15) is 5.75 Å². The lowest BCUT2D eigenvalue weighted by molar-refractivity contribution is -0.135. The van der Waals surface area contributed by atoms with E-state index in [0.29, 0.717) is 19.1 Å². The monoisotopic (exact) mass is 387 g/mol. The van der Waals surface area contributed by atoms with Crippen molar-refractivity contribution in [3.8, 4) is 5.75 Å². The van der Waals surface area contributed by atoms with Crippen LogP contribution in [0.2, 0.25) is 0 Å². The van der Waals surface area contributed by atoms with Gasteiger partial charge in [0, 0.05) is 25.7 Å². The molecule has 6 nitrogen and oxygen atoms in total. The quantitative estimate of drug-likeness (QED) is 0.718. The molecule has 1 saturated heterocycles. The van der Waals surface area contributed by atoms with Crippen molar-refractivity contribution in [1.82, 2.24) is 15.5 Å². The highest BCUT2D eigenvalue weighted by molar-refractivity contribution is 5.88. The summed E-state index contributed by atoms with van der Waals surface area (Å²) < 4.78 is 5.65. The highest BCUT2D eigenvalue weighted by Gasteiger charge is 2.36. The van der Waals surface area contributed by atoms with Crippen molar-refractivity contribution in [3.63, 3.8) is 0 Å². The standard InChI is InChI=1S/C22H33N3O3/c1-16(2)28-19-9-7-17(8-10-19)11-12-23-21(26)15-20-22(27)24-13-14-25(20)18-5-3-4-6-18/h7-10,16,18,20H,3-6,11-15H2,1-2H3,(H,23,26)(H,24,27). The van der Waals surface area contributed by atoms with Gasteiger partial charge in [0.2, 0.25) is 11.8 Å². The fourth-order valence-corrected chi connectivity index (χ4v) is 4.22. The van der Waals surface area contributed by atoms with Crippen molar-refractivity contribution in [3.05, 3.63) is 29.8 Å². The van der Waals surface area contributed by atoms with Gasteiger partial charge in [-0.1, -0.05) is 25.0 Å². The Balaban J connectivity index is 1.45. The third kappa shape index (κ3) is 5.71. The maximum absolute atomic E-state index is 12.4. The molecule has 0 aromatic heterocycles. The van der Waals surface area contributed by atoms with E-state index in [1.807, 2.05) is 38.1 Å². The molecule has 1 aromatic rings. The van der Waals surface area contributed by atoms with Crippen LogP contribution in [0.25, 0.3) is 0 Å². The second-order valence-electron chi connectivity index (χ2n) is 8.10. The fourth-order valence-electron chi connectivity index (χ4n) is 4.22. The van der Waals surface area contributed by atoms with Crippen LogP contribution in [0.5, 0.6) is 5.75 Å². The first-order valence-electron chi connectivity index (χ1n) is 10.6. The zero-order valence-corrected chi connectivity index (χ0v) is 17.1. The topological polar surface area (TPSA) is 70.7 Å². The maximum Gasteiger partial charge on any atom is 0.237 e. The second-order valence-corrected chi connectivity index (χ2v) is 8.10. The summed E-state index contributed by atoms with van der Waals surface area (Å²) in [6.45, 7) is 6.11. The van der Waals surface area contributed by atoms with Crippen LogP contribution in [-0.4, -0.2) is 54.5 Å². The van der Waals surface area contributed by atoms with E-state index in [-0.39, 0.29) is 30.4 Å². The highest BCUT2D eigenvalue weighted by Crippen LogP contribution is 2.26. The Morgan fingerprint density at radius 1 is 1.25 bits per heavy atom. The average Bonchev–Trinajstić information content (AvgIpc) is 3.19. The van der Waals surface area contributed by atoms with Crippen LogP contribution in [0.3, 0.4) is 0 Å². The van der Waals surface area contributed by atoms with E-state index in [1.165, 1.54) is 12.8 Å². The lowest BCUT2D eigenvalue weighted by Crippen LogP contribution is -2.59. The molecule has 0 bridgehead atoms. The molecule has 1 heterocycles. The van der Waals surface area contributed by atoms with Crippen molar-refractivity contribution in [1.29, 1.82) is 0 Å². The zero-order chi connectivity index (χ0) is 19.9. The van der Waals surface area contributed by atoms with Crippen molar-refractivity contribution in [2.24, 2.45) is 0 Å². The van der Waals surface area contributed by atoms with Crippen LogP contribution in [0.4, 0.5) is 0 Å². The number of hydrogen-bond acceptors (Lipinski definition) is 4. The molecular formula is C22H33N3O3. The van der Waals surface area contributed by atoms with Gasteiger partial charge in [0.25, 0.3) is 0 Å². The van der Waals surface area contributed by atoms with Gasteiger partial charge in [0.15, 0.2) is 0 Å². The minimum Gasteiger partial charge on any atom is -0.491 e. The number of rotatable bonds is 8. The molecule has 154 valence electrons. The molecule has 1 atom stereocenters. The molecule has 6 heteroatoms. The number of hydrogen-bond donors (Lipinski definition) is 2. The maximum atomic E-state index is 12.4. The molecule has 1 aliphatic carbocycles. The minimum absolute atomic E-state index is 0.00552. The summed E-state index contributed by atoms with van der Waals surface area (Å²) >= 11 is 0. The largest absolute Gasteiger partial charge is 0.491 e. The van der Waals surface area contributed by atoms with Crippen molar-refractivity contribution in [2.45, 2.75) is 70.6 Å². The predicted octanol–water partition coefficient (Wildman–Crippen LogP) is 2.27. The lowest BCUT2D eigenvalue weighted by Gasteiger charge is -2.38. The number of nitrogens with one attached hydrogen (secondary N) is 2. The highest BCUT2D eigenvalue weighted by atomic mass is 16.5. The van der Waals surface area contributed by atoms with E-state index in [4.69, 9.17) is 4.74 Å². The Bertz CT molecular complexity index is 653. The predicted molar refractivity (Wildman–Crippen MR) is 109 cm³/mol. The van der Waals surface area contributed by atoms with E-state index in [9.17, 15) is 9.59 Å². The second kappa shape index (κ2) is 9.92. The summed E-state index contributed by atoms with van der Waals surface area (Å²) in [6.07, 6.45) is 5.89. The van der Waals surface area contributed by atoms with Gasteiger partial charge in [-0.2, -0.15) is 0 Å². The Morgan fingerprint density at radius 2 is 1.96 bits per heavy atom. The first-order valence-corrected chi connectivity index (χ1v) is 10.6. The molecule has 3 rings (SSSR count). The molecule has 2 fully saturated rings. The smallest absolute Gasteiger partial charge is 0.237 e. The number of carbonyl (C=O) groups is 2. The third-order valence-electron chi connectivity index (χ3n) is 5.58. The van der Waals surface area contributed by atoms with Crippen LogP contribution < -0.4 is 15.4 Å². The number of benzene rings is 1. The van der Waals surface area contributed by atoms with E-state index < -0.39 is 0 Å². The lowest BCUT2D eigenvalue weighted by atomic mass is 10.0. The molecule has 2 N–H and O–H groups in total. The first kappa shape index (κ1) is 20.6. The molecule has 2 aliphatic rings. The zero-order valence-electron chi connectivity index (χ0n) is 17.1. The summed E-state index contributed by atoms with van der Waals surface area (Å²) in [5.74, 6) is 0.803. The van der Waals surface area contributed by atoms with Crippen LogP contribution in [0, 0.1) is 0 Å². The van der Waals surface area contributed by atoms with E-state index in [0.717, 1.165) is 37.1 Å². The molecule has 1 saturated carbocycles. The number of amides is 2. The summed E-state index contributed by atoms with van der Waals surface area (Å²) in [6, 6.07) is 8.10. The number of carbonyl (C=O) groups excluding carboxylic acids is 2. The summed E-state index contributed by atoms with van der Waals surface area (Å²) in [5.41, 5.74) is 1.15. The van der Waals surface area contributed by atoms with Crippen LogP contribution in [0.15, 0.2) is 24.3 Å². The number of ether oxygens (including phenoxy) is 1. The van der Waals surface area contributed by atoms with Crippen LogP contribution in [0.1, 0.15) is 51.5 Å². The van der Waals surface area contributed by atoms with Gasteiger partial charge < -0.3 is 15.4 Å². The molecule has 1 aliphatic heterocycles. The van der Waals surface area contributed by atoms with Crippen molar-refractivity contribution < 1.29 is 14.3 Å². The molecule has 1 aromatic carbocycles. The molecule has 0 spiro atoms. The van der Waals surface area contributed by atoms with Crippen molar-refractivity contribution in [2.75, 3.05) is 19.6 Å². The van der Waals surface area contributed by atoms with Gasteiger partial charge in [-0.05, 0) is 50.8 Å². The van der Waals surface area contributed by atoms with Gasteiger partial charge in [-0.3, -0.25) is 14.5 Å². The summed E-state index contributed by atoms with van der Waals surface area (Å²) in [7, 11) is 0. The number of piperazine rings is 1. The summed E-state index contributed by atoms with van der Waals surface area (Å²) in [5, 5.41) is 5.90. The number of nitrogens with zero attached hydrogens (tertiary/aromatic N) is 1. The fraction of sp³-hybridized carbons (Fsp3) is 0.636. The van der Waals surface area contributed by atoms with Gasteiger partial charge >= 0.3 is 0 Å². The van der Waals surface area contributed by atoms with Gasteiger partial charge in [-0.25, -0.2) is 0 Å². The van der Waals surface area contributed by atoms with Gasteiger partial charge in [0.05, 0.1) is 18.6 Å². The molecule has 1 unspecified atom stereocenters. The third-order valence-corrected chi connectivity index (χ3v) is 5.58.